The van der Waals surface area contributed by atoms with Crippen molar-refractivity contribution in [3.63, 3.8) is 0 Å². The predicted octanol–water partition coefficient (Wildman–Crippen LogP) is 5.67. The Morgan fingerprint density at radius 2 is 1.40 bits per heavy atom. The SMILES string of the molecule is C=CC1(C(=O)OC(c2ccccc2)c2ccccc2)CS[C@@H]2C(NC(=O)C(=NOCC(=O)OC(c3ccccc3)c3ccccc3)c3csc(NC=O)n3)C(=O)N2C1. The Morgan fingerprint density at radius 3 is 1.91 bits per heavy atom. The normalized spacial score (nSPS) is 18.7. The third-order valence-corrected chi connectivity index (χ3v) is 11.9. The second-order valence-corrected chi connectivity index (χ2v) is 15.3. The fourth-order valence-corrected chi connectivity index (χ4v) is 8.73. The fourth-order valence-electron chi connectivity index (χ4n) is 6.55. The maximum atomic E-state index is 14.0. The summed E-state index contributed by atoms with van der Waals surface area (Å²) < 4.78 is 12.0. The first-order chi connectivity index (χ1) is 28.3. The van der Waals surface area contributed by atoms with Gasteiger partial charge in [-0.2, -0.15) is 0 Å². The number of hydrogen-bond donors (Lipinski definition) is 2. The summed E-state index contributed by atoms with van der Waals surface area (Å²) in [5.74, 6) is -2.29. The third kappa shape index (κ3) is 8.70. The largest absolute Gasteiger partial charge is 0.452 e. The molecule has 0 radical (unpaired) electrons. The van der Waals surface area contributed by atoms with E-state index in [0.29, 0.717) is 6.41 Å². The van der Waals surface area contributed by atoms with E-state index in [1.165, 1.54) is 28.1 Å². The first kappa shape index (κ1) is 39.6. The molecule has 2 aliphatic heterocycles. The van der Waals surface area contributed by atoms with E-state index in [-0.39, 0.29) is 28.8 Å². The number of thioether (sulfide) groups is 1. The number of carbonyl (C=O) groups excluding carboxylic acids is 5. The Kier molecular flexibility index (Phi) is 12.4. The van der Waals surface area contributed by atoms with Gasteiger partial charge in [0.15, 0.2) is 23.1 Å². The summed E-state index contributed by atoms with van der Waals surface area (Å²) in [6.07, 6.45) is 0.550. The molecule has 2 N–H and O–H groups in total. The summed E-state index contributed by atoms with van der Waals surface area (Å²) in [5, 5.41) is 10.3. The smallest absolute Gasteiger partial charge is 0.347 e. The van der Waals surface area contributed by atoms with E-state index < -0.39 is 59.4 Å². The molecule has 7 rings (SSSR count). The molecule has 0 saturated carbocycles. The Hall–Kier alpha value is -6.58. The second kappa shape index (κ2) is 18.1. The number of nitrogens with one attached hydrogen (secondary N) is 2. The van der Waals surface area contributed by atoms with Crippen molar-refractivity contribution in [3.8, 4) is 0 Å². The number of esters is 2. The fraction of sp³-hybridized carbons (Fsp3) is 0.186. The molecular formula is C43H37N5O8S2. The van der Waals surface area contributed by atoms with Gasteiger partial charge in [0.1, 0.15) is 22.5 Å². The monoisotopic (exact) mass is 815 g/mol. The van der Waals surface area contributed by atoms with Crippen molar-refractivity contribution < 1.29 is 38.3 Å². The molecule has 1 aromatic heterocycles. The highest BCUT2D eigenvalue weighted by atomic mass is 32.2. The molecular weight excluding hydrogens is 779 g/mol. The molecule has 4 aromatic carbocycles. The van der Waals surface area contributed by atoms with Gasteiger partial charge in [-0.3, -0.25) is 19.2 Å². The van der Waals surface area contributed by atoms with Crippen LogP contribution in [0.1, 0.15) is 40.2 Å². The van der Waals surface area contributed by atoms with Gasteiger partial charge in [-0.15, -0.1) is 29.7 Å². The summed E-state index contributed by atoms with van der Waals surface area (Å²) in [5.41, 5.74) is 1.55. The van der Waals surface area contributed by atoms with Crippen LogP contribution >= 0.6 is 23.1 Å². The van der Waals surface area contributed by atoms with Crippen molar-refractivity contribution in [2.75, 3.05) is 24.2 Å². The highest BCUT2D eigenvalue weighted by molar-refractivity contribution is 8.00. The molecule has 13 nitrogen and oxygen atoms in total. The van der Waals surface area contributed by atoms with E-state index in [2.05, 4.69) is 27.4 Å². The lowest BCUT2D eigenvalue weighted by Gasteiger charge is -2.53. The third-order valence-electron chi connectivity index (χ3n) is 9.56. The highest BCUT2D eigenvalue weighted by Gasteiger charge is 2.57. The quantitative estimate of drug-likeness (QED) is 0.0317. The van der Waals surface area contributed by atoms with Crippen LogP contribution in [-0.2, 0) is 38.3 Å². The zero-order valence-electron chi connectivity index (χ0n) is 30.8. The van der Waals surface area contributed by atoms with E-state index in [0.717, 1.165) is 33.6 Å². The van der Waals surface area contributed by atoms with Crippen LogP contribution in [0.4, 0.5) is 5.13 Å². The predicted molar refractivity (Wildman–Crippen MR) is 218 cm³/mol. The van der Waals surface area contributed by atoms with Gasteiger partial charge >= 0.3 is 11.9 Å². The van der Waals surface area contributed by atoms with Crippen LogP contribution in [0.5, 0.6) is 0 Å². The minimum absolute atomic E-state index is 0.000436. The molecule has 15 heteroatoms. The number of oxime groups is 1. The number of nitrogens with zero attached hydrogens (tertiary/aromatic N) is 3. The van der Waals surface area contributed by atoms with Gasteiger partial charge in [-0.1, -0.05) is 133 Å². The molecule has 294 valence electrons. The maximum Gasteiger partial charge on any atom is 0.347 e. The first-order valence-corrected chi connectivity index (χ1v) is 20.1. The average molecular weight is 816 g/mol. The molecule has 3 heterocycles. The molecule has 3 amide bonds. The van der Waals surface area contributed by atoms with E-state index >= 15 is 0 Å². The van der Waals surface area contributed by atoms with Gasteiger partial charge in [0.25, 0.3) is 5.91 Å². The molecule has 2 fully saturated rings. The Balaban J connectivity index is 1.03. The molecule has 2 unspecified atom stereocenters. The van der Waals surface area contributed by atoms with E-state index in [4.69, 9.17) is 14.3 Å². The number of β-lactam (4-membered cyclic amide) rings is 1. The van der Waals surface area contributed by atoms with Crippen LogP contribution in [-0.4, -0.2) is 76.1 Å². The van der Waals surface area contributed by atoms with Crippen LogP contribution in [0.15, 0.2) is 145 Å². The number of amides is 3. The van der Waals surface area contributed by atoms with Gasteiger partial charge in [-0.05, 0) is 22.3 Å². The van der Waals surface area contributed by atoms with Crippen LogP contribution < -0.4 is 10.6 Å². The number of thiazole rings is 1. The standard InChI is InChI=1S/C43H37N5O8S2/c1-2-43(41(53)56-37(30-19-11-5-12-20-30)31-21-13-6-14-22-31)25-48-39(52)35(40(48)58-26-43)46-38(51)34(32-24-57-42(45-32)44-27-49)47-54-23-33(50)55-36(28-15-7-3-8-16-28)29-17-9-4-10-18-29/h2-22,24,27,35-37,40H,1,23,25-26H2,(H,46,51)(H,44,45,49)/t35?,40-,43?/m1/s1. The zero-order valence-corrected chi connectivity index (χ0v) is 32.5. The Morgan fingerprint density at radius 1 is 0.862 bits per heavy atom. The van der Waals surface area contributed by atoms with Crippen molar-refractivity contribution in [2.24, 2.45) is 10.6 Å². The van der Waals surface area contributed by atoms with E-state index in [1.807, 2.05) is 121 Å². The van der Waals surface area contributed by atoms with Gasteiger partial charge < -0.3 is 29.8 Å². The van der Waals surface area contributed by atoms with Gasteiger partial charge in [0.2, 0.25) is 18.9 Å². The number of benzene rings is 4. The van der Waals surface area contributed by atoms with Crippen molar-refractivity contribution in [3.05, 3.63) is 167 Å². The number of fused-ring (bicyclic) bond motifs is 1. The first-order valence-electron chi connectivity index (χ1n) is 18.1. The Bertz CT molecular complexity index is 2220. The average Bonchev–Trinajstić information content (AvgIpc) is 3.74. The van der Waals surface area contributed by atoms with E-state index in [9.17, 15) is 24.0 Å². The molecule has 58 heavy (non-hydrogen) atoms. The number of aromatic nitrogens is 1. The van der Waals surface area contributed by atoms with Crippen LogP contribution in [0, 0.1) is 5.41 Å². The number of carbonyl (C=O) groups is 5. The maximum absolute atomic E-state index is 14.0. The second-order valence-electron chi connectivity index (χ2n) is 13.3. The lowest BCUT2D eigenvalue weighted by molar-refractivity contribution is -0.162. The number of anilines is 1. The minimum Gasteiger partial charge on any atom is -0.452 e. The molecule has 0 bridgehead atoms. The molecule has 0 spiro atoms. The summed E-state index contributed by atoms with van der Waals surface area (Å²) in [7, 11) is 0. The molecule has 2 saturated heterocycles. The summed E-state index contributed by atoms with van der Waals surface area (Å²) >= 11 is 2.34. The summed E-state index contributed by atoms with van der Waals surface area (Å²) in [6.45, 7) is 3.30. The topological polar surface area (TPSA) is 166 Å². The van der Waals surface area contributed by atoms with Gasteiger partial charge in [0.05, 0.1) is 0 Å². The molecule has 2 aliphatic rings. The molecule has 3 atom stereocenters. The van der Waals surface area contributed by atoms with Crippen molar-refractivity contribution in [1.29, 1.82) is 0 Å². The minimum atomic E-state index is -1.22. The lowest BCUT2D eigenvalue weighted by Crippen LogP contribution is -2.73. The summed E-state index contributed by atoms with van der Waals surface area (Å²) in [6, 6.07) is 36.2. The van der Waals surface area contributed by atoms with Crippen molar-refractivity contribution in [1.82, 2.24) is 15.2 Å². The number of rotatable bonds is 16. The van der Waals surface area contributed by atoms with E-state index in [1.54, 1.807) is 0 Å². The van der Waals surface area contributed by atoms with Crippen LogP contribution in [0.3, 0.4) is 0 Å². The van der Waals surface area contributed by atoms with Crippen LogP contribution in [0.25, 0.3) is 0 Å². The highest BCUT2D eigenvalue weighted by Crippen LogP contribution is 2.44. The zero-order chi connectivity index (χ0) is 40.5. The lowest BCUT2D eigenvalue weighted by atomic mass is 9.87. The van der Waals surface area contributed by atoms with Crippen molar-refractivity contribution in [2.45, 2.75) is 23.6 Å². The number of hydrogen-bond acceptors (Lipinski definition) is 12. The van der Waals surface area contributed by atoms with Gasteiger partial charge in [0, 0.05) is 17.7 Å². The van der Waals surface area contributed by atoms with Gasteiger partial charge in [-0.25, -0.2) is 9.78 Å². The molecule has 5 aromatic rings. The molecule has 0 aliphatic carbocycles. The number of ether oxygens (including phenoxy) is 2. The van der Waals surface area contributed by atoms with Crippen LogP contribution in [0.2, 0.25) is 0 Å². The summed E-state index contributed by atoms with van der Waals surface area (Å²) in [4.78, 5) is 76.7. The Labute approximate surface area is 342 Å². The van der Waals surface area contributed by atoms with Crippen molar-refractivity contribution >= 4 is 64.1 Å².